The molecule has 2 aromatic carbocycles. The molecule has 0 aliphatic heterocycles. The Morgan fingerprint density at radius 1 is 1.24 bits per heavy atom. The van der Waals surface area contributed by atoms with Crippen LogP contribution in [0.5, 0.6) is 0 Å². The largest absolute Gasteiger partial charge is 0.462 e. The predicted octanol–water partition coefficient (Wildman–Crippen LogP) is 4.26. The number of aryl methyl sites for hydroxylation is 1. The lowest BCUT2D eigenvalue weighted by atomic mass is 10.1. The molecule has 0 spiro atoms. The SMILES string of the molecule is CCOC(=O)c1ccc(N)c(Nc2cc(C)ccc2Br)c1. The molecule has 0 aromatic heterocycles. The minimum atomic E-state index is -0.358. The third kappa shape index (κ3) is 3.76. The summed E-state index contributed by atoms with van der Waals surface area (Å²) >= 11 is 3.49. The Labute approximate surface area is 132 Å². The van der Waals surface area contributed by atoms with Crippen molar-refractivity contribution in [2.75, 3.05) is 17.7 Å². The van der Waals surface area contributed by atoms with Gasteiger partial charge in [0.25, 0.3) is 0 Å². The minimum absolute atomic E-state index is 0.343. The van der Waals surface area contributed by atoms with Gasteiger partial charge in [-0.2, -0.15) is 0 Å². The summed E-state index contributed by atoms with van der Waals surface area (Å²) in [5, 5.41) is 3.24. The average molecular weight is 349 g/mol. The van der Waals surface area contributed by atoms with Gasteiger partial charge in [-0.15, -0.1) is 0 Å². The number of nitrogen functional groups attached to an aromatic ring is 1. The van der Waals surface area contributed by atoms with Crippen molar-refractivity contribution in [1.29, 1.82) is 0 Å². The Balaban J connectivity index is 2.33. The van der Waals surface area contributed by atoms with E-state index in [4.69, 9.17) is 10.5 Å². The quantitative estimate of drug-likeness (QED) is 0.639. The van der Waals surface area contributed by atoms with Gasteiger partial charge in [-0.1, -0.05) is 6.07 Å². The first-order chi connectivity index (χ1) is 10.0. The smallest absolute Gasteiger partial charge is 0.338 e. The second kappa shape index (κ2) is 6.63. The van der Waals surface area contributed by atoms with E-state index in [1.165, 1.54) is 0 Å². The van der Waals surface area contributed by atoms with Crippen molar-refractivity contribution in [3.63, 3.8) is 0 Å². The first-order valence-electron chi connectivity index (χ1n) is 6.61. The molecule has 3 N–H and O–H groups in total. The molecule has 0 unspecified atom stereocenters. The van der Waals surface area contributed by atoms with Crippen LogP contribution in [0.4, 0.5) is 17.1 Å². The van der Waals surface area contributed by atoms with E-state index < -0.39 is 0 Å². The Hall–Kier alpha value is -2.01. The molecule has 0 fully saturated rings. The van der Waals surface area contributed by atoms with Gasteiger partial charge in [0.05, 0.1) is 29.2 Å². The highest BCUT2D eigenvalue weighted by Gasteiger charge is 2.10. The number of carbonyl (C=O) groups excluding carboxylic acids is 1. The maximum absolute atomic E-state index is 11.8. The molecule has 0 bridgehead atoms. The van der Waals surface area contributed by atoms with Crippen LogP contribution in [0, 0.1) is 6.92 Å². The number of hydrogen-bond donors (Lipinski definition) is 2. The molecule has 0 radical (unpaired) electrons. The van der Waals surface area contributed by atoms with Crippen molar-refractivity contribution >= 4 is 39.0 Å². The van der Waals surface area contributed by atoms with Crippen molar-refractivity contribution in [2.24, 2.45) is 0 Å². The van der Waals surface area contributed by atoms with E-state index in [1.807, 2.05) is 25.1 Å². The van der Waals surface area contributed by atoms with Gasteiger partial charge >= 0.3 is 5.97 Å². The topological polar surface area (TPSA) is 64.3 Å². The summed E-state index contributed by atoms with van der Waals surface area (Å²) in [6.45, 7) is 4.13. The van der Waals surface area contributed by atoms with E-state index in [9.17, 15) is 4.79 Å². The number of anilines is 3. The fourth-order valence-corrected chi connectivity index (χ4v) is 2.23. The molecule has 0 saturated heterocycles. The number of carbonyl (C=O) groups is 1. The molecule has 21 heavy (non-hydrogen) atoms. The molecule has 4 nitrogen and oxygen atoms in total. The van der Waals surface area contributed by atoms with Gasteiger partial charge in [-0.25, -0.2) is 4.79 Å². The summed E-state index contributed by atoms with van der Waals surface area (Å²) in [4.78, 5) is 11.8. The van der Waals surface area contributed by atoms with Crippen LogP contribution in [-0.4, -0.2) is 12.6 Å². The molecule has 0 saturated carbocycles. The van der Waals surface area contributed by atoms with Crippen molar-refractivity contribution in [2.45, 2.75) is 13.8 Å². The molecule has 0 aliphatic carbocycles. The molecule has 0 amide bonds. The summed E-state index contributed by atoms with van der Waals surface area (Å²) in [6.07, 6.45) is 0. The number of nitrogens with two attached hydrogens (primary N) is 1. The number of hydrogen-bond acceptors (Lipinski definition) is 4. The second-order valence-electron chi connectivity index (χ2n) is 4.63. The molecule has 0 atom stereocenters. The zero-order chi connectivity index (χ0) is 15.4. The van der Waals surface area contributed by atoms with Gasteiger partial charge < -0.3 is 15.8 Å². The van der Waals surface area contributed by atoms with E-state index in [2.05, 4.69) is 21.2 Å². The van der Waals surface area contributed by atoms with Crippen LogP contribution < -0.4 is 11.1 Å². The second-order valence-corrected chi connectivity index (χ2v) is 5.49. The van der Waals surface area contributed by atoms with Gasteiger partial charge in [0.1, 0.15) is 0 Å². The molecule has 110 valence electrons. The number of esters is 1. The lowest BCUT2D eigenvalue weighted by Gasteiger charge is -2.13. The Morgan fingerprint density at radius 2 is 2.00 bits per heavy atom. The van der Waals surface area contributed by atoms with Crippen LogP contribution in [0.15, 0.2) is 40.9 Å². The van der Waals surface area contributed by atoms with Gasteiger partial charge in [0, 0.05) is 4.47 Å². The monoisotopic (exact) mass is 348 g/mol. The normalized spacial score (nSPS) is 10.2. The highest BCUT2D eigenvalue weighted by atomic mass is 79.9. The zero-order valence-electron chi connectivity index (χ0n) is 11.9. The molecular weight excluding hydrogens is 332 g/mol. The highest BCUT2D eigenvalue weighted by Crippen LogP contribution is 2.30. The van der Waals surface area contributed by atoms with E-state index in [1.54, 1.807) is 25.1 Å². The van der Waals surface area contributed by atoms with Crippen molar-refractivity contribution in [3.05, 3.63) is 52.0 Å². The average Bonchev–Trinajstić information content (AvgIpc) is 2.45. The minimum Gasteiger partial charge on any atom is -0.462 e. The van der Waals surface area contributed by atoms with E-state index in [-0.39, 0.29) is 5.97 Å². The van der Waals surface area contributed by atoms with Crippen LogP contribution >= 0.6 is 15.9 Å². The Bertz CT molecular complexity index is 671. The lowest BCUT2D eigenvalue weighted by Crippen LogP contribution is -2.06. The molecule has 0 aliphatic rings. The van der Waals surface area contributed by atoms with Crippen LogP contribution in [0.2, 0.25) is 0 Å². The predicted molar refractivity (Wildman–Crippen MR) is 89.0 cm³/mol. The van der Waals surface area contributed by atoms with Gasteiger partial charge in [0.2, 0.25) is 0 Å². The molecule has 2 aromatic rings. The van der Waals surface area contributed by atoms with Crippen molar-refractivity contribution < 1.29 is 9.53 Å². The van der Waals surface area contributed by atoms with E-state index in [0.29, 0.717) is 23.5 Å². The van der Waals surface area contributed by atoms with Crippen molar-refractivity contribution in [1.82, 2.24) is 0 Å². The maximum Gasteiger partial charge on any atom is 0.338 e. The number of benzene rings is 2. The van der Waals surface area contributed by atoms with E-state index in [0.717, 1.165) is 15.7 Å². The molecule has 5 heteroatoms. The zero-order valence-corrected chi connectivity index (χ0v) is 13.5. The molecule has 2 rings (SSSR count). The molecular formula is C16H17BrN2O2. The van der Waals surface area contributed by atoms with Crippen molar-refractivity contribution in [3.8, 4) is 0 Å². The molecule has 0 heterocycles. The van der Waals surface area contributed by atoms with Gasteiger partial charge in [-0.05, 0) is 65.7 Å². The van der Waals surface area contributed by atoms with Crippen LogP contribution in [0.25, 0.3) is 0 Å². The van der Waals surface area contributed by atoms with Gasteiger partial charge in [0.15, 0.2) is 0 Å². The number of rotatable bonds is 4. The first kappa shape index (κ1) is 15.4. The van der Waals surface area contributed by atoms with Crippen LogP contribution in [0.3, 0.4) is 0 Å². The summed E-state index contributed by atoms with van der Waals surface area (Å²) in [6, 6.07) is 11.0. The lowest BCUT2D eigenvalue weighted by molar-refractivity contribution is 0.0526. The van der Waals surface area contributed by atoms with Crippen LogP contribution in [0.1, 0.15) is 22.8 Å². The third-order valence-electron chi connectivity index (χ3n) is 2.96. The van der Waals surface area contributed by atoms with Gasteiger partial charge in [-0.3, -0.25) is 0 Å². The summed E-state index contributed by atoms with van der Waals surface area (Å²) in [5.41, 5.74) is 9.70. The number of ether oxygens (including phenoxy) is 1. The summed E-state index contributed by atoms with van der Waals surface area (Å²) in [5.74, 6) is -0.358. The standard InChI is InChI=1S/C16H17BrN2O2/c1-3-21-16(20)11-5-7-13(18)15(9-11)19-14-8-10(2)4-6-12(14)17/h4-9,19H,3,18H2,1-2H3. The fourth-order valence-electron chi connectivity index (χ4n) is 1.89. The maximum atomic E-state index is 11.8. The van der Waals surface area contributed by atoms with E-state index >= 15 is 0 Å². The third-order valence-corrected chi connectivity index (χ3v) is 3.65. The number of halogens is 1. The fraction of sp³-hybridized carbons (Fsp3) is 0.188. The summed E-state index contributed by atoms with van der Waals surface area (Å²) in [7, 11) is 0. The summed E-state index contributed by atoms with van der Waals surface area (Å²) < 4.78 is 5.92. The number of nitrogens with one attached hydrogen (secondary N) is 1. The Morgan fingerprint density at radius 3 is 2.71 bits per heavy atom. The first-order valence-corrected chi connectivity index (χ1v) is 7.40. The Kier molecular flexibility index (Phi) is 4.85. The highest BCUT2D eigenvalue weighted by molar-refractivity contribution is 9.10. The van der Waals surface area contributed by atoms with Crippen LogP contribution in [-0.2, 0) is 4.74 Å².